The molecule has 0 bridgehead atoms. The normalized spacial score (nSPS) is 15.7. The average Bonchev–Trinajstić information content (AvgIpc) is 3.11. The summed E-state index contributed by atoms with van der Waals surface area (Å²) in [6.45, 7) is 0. The summed E-state index contributed by atoms with van der Waals surface area (Å²) < 4.78 is 9.80. The van der Waals surface area contributed by atoms with Crippen molar-refractivity contribution >= 4 is 23.1 Å². The van der Waals surface area contributed by atoms with E-state index in [0.29, 0.717) is 12.0 Å². The second-order valence-electron chi connectivity index (χ2n) is 6.04. The number of benzene rings is 2. The minimum Gasteiger partial charge on any atom is -0.497 e. The number of nitrogens with one attached hydrogen (secondary N) is 1. The van der Waals surface area contributed by atoms with E-state index in [1.807, 2.05) is 36.4 Å². The maximum atomic E-state index is 12.3. The molecular formula is C20H15N3O2S. The number of ether oxygens (including phenoxy) is 1. The molecular weight excluding hydrogens is 346 g/mol. The fourth-order valence-corrected chi connectivity index (χ4v) is 4.11. The number of anilines is 1. The fourth-order valence-electron chi connectivity index (χ4n) is 3.14. The zero-order valence-electron chi connectivity index (χ0n) is 14.0. The molecule has 1 unspecified atom stereocenters. The molecule has 26 heavy (non-hydrogen) atoms. The van der Waals surface area contributed by atoms with E-state index in [4.69, 9.17) is 10.00 Å². The summed E-state index contributed by atoms with van der Waals surface area (Å²) in [4.78, 5) is 13.3. The van der Waals surface area contributed by atoms with Crippen molar-refractivity contribution in [3.8, 4) is 23.1 Å². The van der Waals surface area contributed by atoms with Gasteiger partial charge in [0, 0.05) is 17.9 Å². The molecule has 3 aromatic rings. The number of nitriles is 1. The summed E-state index contributed by atoms with van der Waals surface area (Å²) in [5, 5.41) is 12.0. The zero-order valence-corrected chi connectivity index (χ0v) is 14.8. The maximum absolute atomic E-state index is 12.3. The Hall–Kier alpha value is -3.17. The fraction of sp³-hybridized carbons (Fsp3) is 0.150. The van der Waals surface area contributed by atoms with Crippen LogP contribution in [-0.2, 0) is 4.79 Å². The van der Waals surface area contributed by atoms with E-state index in [9.17, 15) is 4.79 Å². The van der Waals surface area contributed by atoms with Crippen LogP contribution < -0.4 is 10.1 Å². The van der Waals surface area contributed by atoms with E-state index in [0.717, 1.165) is 33.1 Å². The van der Waals surface area contributed by atoms with Gasteiger partial charge in [0.15, 0.2) is 0 Å². The van der Waals surface area contributed by atoms with Crippen LogP contribution in [0.4, 0.5) is 5.69 Å². The molecule has 0 saturated heterocycles. The van der Waals surface area contributed by atoms with Crippen LogP contribution in [0.15, 0.2) is 48.5 Å². The Morgan fingerprint density at radius 1 is 1.19 bits per heavy atom. The first kappa shape index (κ1) is 16.3. The first-order valence-corrected chi connectivity index (χ1v) is 8.91. The smallest absolute Gasteiger partial charge is 0.225 e. The number of nitrogens with zero attached hydrogens (tertiary/aromatic N) is 2. The van der Waals surface area contributed by atoms with Gasteiger partial charge in [-0.15, -0.1) is 0 Å². The van der Waals surface area contributed by atoms with Crippen LogP contribution in [0.5, 0.6) is 5.75 Å². The lowest BCUT2D eigenvalue weighted by atomic mass is 9.89. The highest BCUT2D eigenvalue weighted by Crippen LogP contribution is 2.44. The molecule has 1 atom stereocenters. The summed E-state index contributed by atoms with van der Waals surface area (Å²) in [6.07, 6.45) is 0.378. The number of fused-ring (bicyclic) bond motifs is 1. The third-order valence-corrected chi connectivity index (χ3v) is 5.45. The summed E-state index contributed by atoms with van der Waals surface area (Å²) in [7, 11) is 1.63. The van der Waals surface area contributed by atoms with Crippen LogP contribution in [0.3, 0.4) is 0 Å². The van der Waals surface area contributed by atoms with Crippen molar-refractivity contribution in [2.24, 2.45) is 0 Å². The SMILES string of the molecule is COc1ccc(-c2nsc3c2NC(=O)CC3c2ccc(C#N)cc2)cc1. The van der Waals surface area contributed by atoms with Gasteiger partial charge in [-0.1, -0.05) is 12.1 Å². The van der Waals surface area contributed by atoms with E-state index in [1.165, 1.54) is 11.5 Å². The quantitative estimate of drug-likeness (QED) is 0.760. The largest absolute Gasteiger partial charge is 0.497 e. The van der Waals surface area contributed by atoms with E-state index < -0.39 is 0 Å². The molecule has 1 aromatic heterocycles. The van der Waals surface area contributed by atoms with Crippen molar-refractivity contribution in [1.82, 2.24) is 4.37 Å². The highest BCUT2D eigenvalue weighted by atomic mass is 32.1. The van der Waals surface area contributed by atoms with Gasteiger partial charge < -0.3 is 10.1 Å². The molecule has 0 spiro atoms. The number of amides is 1. The van der Waals surface area contributed by atoms with Gasteiger partial charge in [0.1, 0.15) is 11.4 Å². The van der Waals surface area contributed by atoms with Crippen molar-refractivity contribution in [3.63, 3.8) is 0 Å². The Kier molecular flexibility index (Phi) is 4.15. The molecule has 0 saturated carbocycles. The predicted molar refractivity (Wildman–Crippen MR) is 100 cm³/mol. The van der Waals surface area contributed by atoms with Crippen molar-refractivity contribution in [3.05, 3.63) is 64.5 Å². The van der Waals surface area contributed by atoms with Gasteiger partial charge in [-0.25, -0.2) is 0 Å². The monoisotopic (exact) mass is 361 g/mol. The lowest BCUT2D eigenvalue weighted by molar-refractivity contribution is -0.116. The van der Waals surface area contributed by atoms with Crippen LogP contribution in [-0.4, -0.2) is 17.4 Å². The maximum Gasteiger partial charge on any atom is 0.225 e. The average molecular weight is 361 g/mol. The number of carbonyl (C=O) groups is 1. The minimum atomic E-state index is -0.0454. The number of methoxy groups -OCH3 is 1. The van der Waals surface area contributed by atoms with E-state index in [1.54, 1.807) is 19.2 Å². The van der Waals surface area contributed by atoms with Crippen molar-refractivity contribution in [2.75, 3.05) is 12.4 Å². The van der Waals surface area contributed by atoms with Crippen LogP contribution >= 0.6 is 11.5 Å². The molecule has 1 aliphatic rings. The van der Waals surface area contributed by atoms with Crippen molar-refractivity contribution in [2.45, 2.75) is 12.3 Å². The minimum absolute atomic E-state index is 0.0261. The Morgan fingerprint density at radius 3 is 2.58 bits per heavy atom. The molecule has 2 aromatic carbocycles. The molecule has 1 amide bonds. The summed E-state index contributed by atoms with van der Waals surface area (Å²) in [6, 6.07) is 17.2. The second-order valence-corrected chi connectivity index (χ2v) is 6.84. The zero-order chi connectivity index (χ0) is 18.1. The van der Waals surface area contributed by atoms with Gasteiger partial charge in [0.05, 0.1) is 29.3 Å². The molecule has 1 N–H and O–H groups in total. The molecule has 6 heteroatoms. The van der Waals surface area contributed by atoms with E-state index in [-0.39, 0.29) is 11.8 Å². The molecule has 128 valence electrons. The molecule has 0 aliphatic carbocycles. The third-order valence-electron chi connectivity index (χ3n) is 4.49. The Bertz CT molecular complexity index is 1000. The van der Waals surface area contributed by atoms with Crippen molar-refractivity contribution in [1.29, 1.82) is 5.26 Å². The number of hydrogen-bond donors (Lipinski definition) is 1. The Balaban J connectivity index is 1.75. The highest BCUT2D eigenvalue weighted by Gasteiger charge is 2.31. The highest BCUT2D eigenvalue weighted by molar-refractivity contribution is 7.07. The Morgan fingerprint density at radius 2 is 1.92 bits per heavy atom. The lowest BCUT2D eigenvalue weighted by Gasteiger charge is -2.23. The second kappa shape index (κ2) is 6.62. The summed E-state index contributed by atoms with van der Waals surface area (Å²) in [5.41, 5.74) is 4.12. The van der Waals surface area contributed by atoms with Gasteiger partial charge in [-0.05, 0) is 53.5 Å². The molecule has 1 aliphatic heterocycles. The molecule has 4 rings (SSSR count). The Labute approximate surface area is 155 Å². The van der Waals surface area contributed by atoms with Gasteiger partial charge in [0.25, 0.3) is 0 Å². The first-order chi connectivity index (χ1) is 12.7. The summed E-state index contributed by atoms with van der Waals surface area (Å²) in [5.74, 6) is 0.704. The van der Waals surface area contributed by atoms with Crippen molar-refractivity contribution < 1.29 is 9.53 Å². The van der Waals surface area contributed by atoms with Crippen LogP contribution in [0, 0.1) is 11.3 Å². The first-order valence-electron chi connectivity index (χ1n) is 8.13. The van der Waals surface area contributed by atoms with E-state index in [2.05, 4.69) is 15.8 Å². The van der Waals surface area contributed by atoms with Gasteiger partial charge in [-0.3, -0.25) is 4.79 Å². The number of hydrogen-bond acceptors (Lipinski definition) is 5. The van der Waals surface area contributed by atoms with Gasteiger partial charge >= 0.3 is 0 Å². The lowest BCUT2D eigenvalue weighted by Crippen LogP contribution is -2.22. The number of aromatic nitrogens is 1. The van der Waals surface area contributed by atoms with Gasteiger partial charge in [-0.2, -0.15) is 9.64 Å². The number of rotatable bonds is 3. The van der Waals surface area contributed by atoms with Gasteiger partial charge in [0.2, 0.25) is 5.91 Å². The topological polar surface area (TPSA) is 75.0 Å². The molecule has 2 heterocycles. The third kappa shape index (κ3) is 2.83. The molecule has 5 nitrogen and oxygen atoms in total. The van der Waals surface area contributed by atoms with Crippen LogP contribution in [0.2, 0.25) is 0 Å². The molecule has 0 radical (unpaired) electrons. The predicted octanol–water partition coefficient (Wildman–Crippen LogP) is 4.16. The standard InChI is InChI=1S/C20H15N3O2S/c1-25-15-8-6-14(7-9-15)18-19-20(26-23-18)16(10-17(24)22-19)13-4-2-12(11-21)3-5-13/h2-9,16H,10H2,1H3,(H,22,24). The van der Waals surface area contributed by atoms with Crippen LogP contribution in [0.1, 0.15) is 28.3 Å². The molecule has 0 fully saturated rings. The number of carbonyl (C=O) groups excluding carboxylic acids is 1. The van der Waals surface area contributed by atoms with E-state index >= 15 is 0 Å². The van der Waals surface area contributed by atoms with Crippen LogP contribution in [0.25, 0.3) is 11.3 Å². The summed E-state index contributed by atoms with van der Waals surface area (Å²) >= 11 is 1.41.